The first kappa shape index (κ1) is 15.9. The number of halogens is 1. The van der Waals surface area contributed by atoms with Crippen LogP contribution in [0.3, 0.4) is 0 Å². The Morgan fingerprint density at radius 1 is 1.09 bits per heavy atom. The molecule has 0 aliphatic heterocycles. The zero-order valence-corrected chi connectivity index (χ0v) is 14.0. The van der Waals surface area contributed by atoms with Crippen LogP contribution in [0.4, 0.5) is 10.5 Å². The lowest BCUT2D eigenvalue weighted by atomic mass is 9.89. The minimum Gasteiger partial charge on any atom is -0.331 e. The van der Waals surface area contributed by atoms with Crippen LogP contribution < -0.4 is 10.6 Å². The monoisotopic (exact) mass is 328 g/mol. The number of aryl methyl sites for hydroxylation is 2. The average Bonchev–Trinajstić information content (AvgIpc) is 2.54. The summed E-state index contributed by atoms with van der Waals surface area (Å²) in [6.45, 7) is 2.00. The lowest BCUT2D eigenvalue weighted by Crippen LogP contribution is -2.31. The molecule has 2 N–H and O–H groups in total. The van der Waals surface area contributed by atoms with Crippen LogP contribution in [-0.4, -0.2) is 6.03 Å². The Morgan fingerprint density at radius 3 is 2.65 bits per heavy atom. The fourth-order valence-electron chi connectivity index (χ4n) is 3.04. The third-order valence-corrected chi connectivity index (χ3v) is 4.54. The van der Waals surface area contributed by atoms with Crippen LogP contribution in [0.1, 0.15) is 42.5 Å². The van der Waals surface area contributed by atoms with Gasteiger partial charge in [-0.2, -0.15) is 0 Å². The van der Waals surface area contributed by atoms with E-state index >= 15 is 0 Å². The van der Waals surface area contributed by atoms with E-state index in [1.165, 1.54) is 30.4 Å². The van der Waals surface area contributed by atoms with Crippen molar-refractivity contribution >= 4 is 23.3 Å². The number of nitrogens with one attached hydrogen (secondary N) is 2. The molecule has 0 bridgehead atoms. The molecule has 1 aliphatic rings. The molecule has 120 valence electrons. The van der Waals surface area contributed by atoms with Crippen molar-refractivity contribution in [1.29, 1.82) is 0 Å². The summed E-state index contributed by atoms with van der Waals surface area (Å²) in [4.78, 5) is 12.1. The van der Waals surface area contributed by atoms with E-state index in [4.69, 9.17) is 11.6 Å². The number of rotatable bonds is 3. The van der Waals surface area contributed by atoms with Gasteiger partial charge in [0.25, 0.3) is 0 Å². The molecule has 0 saturated heterocycles. The standard InChI is InChI=1S/C19H21ClN2O/c1-13(15-10-9-14-5-2-3-6-16(14)11-15)21-19(23)22-18-8-4-7-17(20)12-18/h4,7-13H,2-3,5-6H2,1H3,(H2,21,22,23)/t13-/m1/s1. The molecule has 2 aromatic carbocycles. The van der Waals surface area contributed by atoms with Crippen molar-refractivity contribution in [2.45, 2.75) is 38.6 Å². The first-order valence-electron chi connectivity index (χ1n) is 8.06. The number of carbonyl (C=O) groups excluding carboxylic acids is 1. The van der Waals surface area contributed by atoms with Gasteiger partial charge in [0.15, 0.2) is 0 Å². The highest BCUT2D eigenvalue weighted by molar-refractivity contribution is 6.30. The molecule has 0 unspecified atom stereocenters. The summed E-state index contributed by atoms with van der Waals surface area (Å²) in [6, 6.07) is 13.4. The van der Waals surface area contributed by atoms with Gasteiger partial charge in [-0.25, -0.2) is 4.79 Å². The van der Waals surface area contributed by atoms with Crippen LogP contribution in [-0.2, 0) is 12.8 Å². The summed E-state index contributed by atoms with van der Waals surface area (Å²) in [5, 5.41) is 6.39. The van der Waals surface area contributed by atoms with Crippen molar-refractivity contribution in [3.8, 4) is 0 Å². The number of hydrogen-bond acceptors (Lipinski definition) is 1. The summed E-state index contributed by atoms with van der Waals surface area (Å²) in [6.07, 6.45) is 4.85. The summed E-state index contributed by atoms with van der Waals surface area (Å²) in [5.41, 5.74) is 4.72. The van der Waals surface area contributed by atoms with Crippen LogP contribution in [0.2, 0.25) is 5.02 Å². The summed E-state index contributed by atoms with van der Waals surface area (Å²) >= 11 is 5.93. The first-order valence-corrected chi connectivity index (χ1v) is 8.44. The maximum absolute atomic E-state index is 12.1. The highest BCUT2D eigenvalue weighted by atomic mass is 35.5. The Bertz CT molecular complexity index is 714. The molecule has 1 atom stereocenters. The van der Waals surface area contributed by atoms with Crippen LogP contribution in [0.5, 0.6) is 0 Å². The Kier molecular flexibility index (Phi) is 4.87. The van der Waals surface area contributed by atoms with Gasteiger partial charge in [0.1, 0.15) is 0 Å². The average molecular weight is 329 g/mol. The number of carbonyl (C=O) groups is 1. The van der Waals surface area contributed by atoms with Gasteiger partial charge in [0.2, 0.25) is 0 Å². The molecule has 3 nitrogen and oxygen atoms in total. The molecule has 0 fully saturated rings. The van der Waals surface area contributed by atoms with Gasteiger partial charge in [0, 0.05) is 10.7 Å². The van der Waals surface area contributed by atoms with Gasteiger partial charge < -0.3 is 10.6 Å². The van der Waals surface area contributed by atoms with Crippen molar-refractivity contribution in [3.05, 3.63) is 64.2 Å². The highest BCUT2D eigenvalue weighted by Crippen LogP contribution is 2.25. The Balaban J connectivity index is 1.64. The second-order valence-corrected chi connectivity index (χ2v) is 6.50. The molecule has 3 rings (SSSR count). The summed E-state index contributed by atoms with van der Waals surface area (Å²) in [5.74, 6) is 0. The molecule has 2 amide bonds. The molecule has 4 heteroatoms. The minimum atomic E-state index is -0.225. The minimum absolute atomic E-state index is 0.0404. The lowest BCUT2D eigenvalue weighted by Gasteiger charge is -2.20. The second kappa shape index (κ2) is 7.05. The number of benzene rings is 2. The molecule has 0 aromatic heterocycles. The van der Waals surface area contributed by atoms with E-state index < -0.39 is 0 Å². The molecular weight excluding hydrogens is 308 g/mol. The number of fused-ring (bicyclic) bond motifs is 1. The second-order valence-electron chi connectivity index (χ2n) is 6.07. The van der Waals surface area contributed by atoms with Crippen molar-refractivity contribution in [2.75, 3.05) is 5.32 Å². The van der Waals surface area contributed by atoms with E-state index in [1.807, 2.05) is 19.1 Å². The molecule has 0 heterocycles. The maximum Gasteiger partial charge on any atom is 0.319 e. The van der Waals surface area contributed by atoms with E-state index in [1.54, 1.807) is 12.1 Å². The number of hydrogen-bond donors (Lipinski definition) is 2. The van der Waals surface area contributed by atoms with Crippen LogP contribution in [0, 0.1) is 0 Å². The number of amides is 2. The molecule has 1 aliphatic carbocycles. The van der Waals surface area contributed by atoms with Crippen LogP contribution in [0.25, 0.3) is 0 Å². The Labute approximate surface area is 142 Å². The SMILES string of the molecule is C[C@@H](NC(=O)Nc1cccc(Cl)c1)c1ccc2c(c1)CCCC2. The topological polar surface area (TPSA) is 41.1 Å². The summed E-state index contributed by atoms with van der Waals surface area (Å²) < 4.78 is 0. The zero-order valence-electron chi connectivity index (χ0n) is 13.2. The molecule has 23 heavy (non-hydrogen) atoms. The molecular formula is C19H21ClN2O. The molecule has 0 radical (unpaired) electrons. The van der Waals surface area contributed by atoms with E-state index in [9.17, 15) is 4.79 Å². The predicted molar refractivity (Wildman–Crippen MR) is 95.1 cm³/mol. The number of urea groups is 1. The van der Waals surface area contributed by atoms with Gasteiger partial charge in [-0.3, -0.25) is 0 Å². The van der Waals surface area contributed by atoms with E-state index in [2.05, 4.69) is 28.8 Å². The fraction of sp³-hybridized carbons (Fsp3) is 0.316. The Morgan fingerprint density at radius 2 is 1.87 bits per heavy atom. The predicted octanol–water partition coefficient (Wildman–Crippen LogP) is 5.10. The maximum atomic E-state index is 12.1. The normalized spacial score (nSPS) is 14.7. The Hall–Kier alpha value is -2.00. The molecule has 2 aromatic rings. The quantitative estimate of drug-likeness (QED) is 0.808. The van der Waals surface area contributed by atoms with Crippen molar-refractivity contribution in [2.24, 2.45) is 0 Å². The van der Waals surface area contributed by atoms with Crippen molar-refractivity contribution in [1.82, 2.24) is 5.32 Å². The van der Waals surface area contributed by atoms with E-state index in [0.29, 0.717) is 10.7 Å². The van der Waals surface area contributed by atoms with Crippen LogP contribution >= 0.6 is 11.6 Å². The molecule has 0 spiro atoms. The third kappa shape index (κ3) is 4.05. The van der Waals surface area contributed by atoms with E-state index in [-0.39, 0.29) is 12.1 Å². The third-order valence-electron chi connectivity index (χ3n) is 4.30. The van der Waals surface area contributed by atoms with Gasteiger partial charge in [0.05, 0.1) is 6.04 Å². The number of anilines is 1. The fourth-order valence-corrected chi connectivity index (χ4v) is 3.23. The zero-order chi connectivity index (χ0) is 16.2. The lowest BCUT2D eigenvalue weighted by molar-refractivity contribution is 0.249. The van der Waals surface area contributed by atoms with Crippen molar-refractivity contribution < 1.29 is 4.79 Å². The van der Waals surface area contributed by atoms with Crippen molar-refractivity contribution in [3.63, 3.8) is 0 Å². The van der Waals surface area contributed by atoms with Gasteiger partial charge in [-0.05, 0) is 67.5 Å². The van der Waals surface area contributed by atoms with E-state index in [0.717, 1.165) is 12.0 Å². The molecule has 0 saturated carbocycles. The van der Waals surface area contributed by atoms with Crippen LogP contribution in [0.15, 0.2) is 42.5 Å². The largest absolute Gasteiger partial charge is 0.331 e. The smallest absolute Gasteiger partial charge is 0.319 e. The summed E-state index contributed by atoms with van der Waals surface area (Å²) in [7, 11) is 0. The first-order chi connectivity index (χ1) is 11.1. The highest BCUT2D eigenvalue weighted by Gasteiger charge is 2.14. The van der Waals surface area contributed by atoms with Gasteiger partial charge >= 0.3 is 6.03 Å². The van der Waals surface area contributed by atoms with Gasteiger partial charge in [-0.15, -0.1) is 0 Å². The van der Waals surface area contributed by atoms with Gasteiger partial charge in [-0.1, -0.05) is 35.9 Å².